The second-order valence-corrected chi connectivity index (χ2v) is 5.30. The Morgan fingerprint density at radius 1 is 1.42 bits per heavy atom. The molecule has 0 unspecified atom stereocenters. The maximum Gasteiger partial charge on any atom is 0.215 e. The molecule has 0 saturated heterocycles. The third-order valence-corrected chi connectivity index (χ3v) is 3.60. The van der Waals surface area contributed by atoms with Crippen LogP contribution in [0.5, 0.6) is 0 Å². The number of unbranched alkanes of at least 4 members (excludes halogenated alkanes) is 1. The van der Waals surface area contributed by atoms with E-state index >= 15 is 0 Å². The van der Waals surface area contributed by atoms with Gasteiger partial charge in [0.05, 0.1) is 5.52 Å². The van der Waals surface area contributed by atoms with Crippen molar-refractivity contribution in [3.05, 3.63) is 28.0 Å². The first-order valence-electron chi connectivity index (χ1n) is 6.25. The molecule has 3 rings (SSSR count). The van der Waals surface area contributed by atoms with E-state index in [1.807, 2.05) is 18.2 Å². The summed E-state index contributed by atoms with van der Waals surface area (Å²) in [7, 11) is 0. The van der Waals surface area contributed by atoms with Crippen molar-refractivity contribution in [3.63, 3.8) is 0 Å². The van der Waals surface area contributed by atoms with Crippen molar-refractivity contribution in [1.82, 2.24) is 19.7 Å². The largest absolute Gasteiger partial charge is 0.324 e. The molecule has 0 aliphatic heterocycles. The molecule has 2 aromatic heterocycles. The second kappa shape index (κ2) is 4.90. The van der Waals surface area contributed by atoms with Gasteiger partial charge >= 0.3 is 0 Å². The smallest absolute Gasteiger partial charge is 0.215 e. The van der Waals surface area contributed by atoms with E-state index in [-0.39, 0.29) is 0 Å². The summed E-state index contributed by atoms with van der Waals surface area (Å²) in [6, 6.07) is 5.83. The van der Waals surface area contributed by atoms with Crippen LogP contribution in [0.4, 0.5) is 0 Å². The maximum atomic E-state index is 6.08. The number of hydrogen-bond acceptors (Lipinski definition) is 3. The Hall–Kier alpha value is -1.46. The summed E-state index contributed by atoms with van der Waals surface area (Å²) in [6.07, 6.45) is 2.22. The van der Waals surface area contributed by atoms with Gasteiger partial charge in [-0.15, -0.1) is 0 Å². The number of aromatic nitrogens is 4. The van der Waals surface area contributed by atoms with E-state index in [9.17, 15) is 0 Å². The van der Waals surface area contributed by atoms with E-state index in [0.717, 1.165) is 41.5 Å². The number of aryl methyl sites for hydroxylation is 1. The number of aromatic amines is 1. The Bertz CT molecular complexity index is 805. The van der Waals surface area contributed by atoms with Gasteiger partial charge in [0.15, 0.2) is 5.65 Å². The molecule has 0 fully saturated rings. The lowest BCUT2D eigenvalue weighted by Gasteiger charge is -2.04. The highest BCUT2D eigenvalue weighted by Crippen LogP contribution is 2.28. The molecule has 0 aliphatic rings. The van der Waals surface area contributed by atoms with Crippen LogP contribution in [0.2, 0.25) is 5.02 Å². The Labute approximate surface area is 120 Å². The molecule has 0 saturated carbocycles. The molecule has 0 atom stereocenters. The summed E-state index contributed by atoms with van der Waals surface area (Å²) in [5.41, 5.74) is 2.75. The zero-order chi connectivity index (χ0) is 13.4. The van der Waals surface area contributed by atoms with E-state index in [0.29, 0.717) is 9.79 Å². The van der Waals surface area contributed by atoms with Crippen molar-refractivity contribution in [2.45, 2.75) is 26.3 Å². The van der Waals surface area contributed by atoms with E-state index in [1.54, 1.807) is 0 Å². The van der Waals surface area contributed by atoms with Crippen LogP contribution in [0.1, 0.15) is 19.8 Å². The summed E-state index contributed by atoms with van der Waals surface area (Å²) in [5, 5.41) is 8.77. The van der Waals surface area contributed by atoms with Crippen molar-refractivity contribution < 1.29 is 0 Å². The van der Waals surface area contributed by atoms with E-state index in [2.05, 4.69) is 26.7 Å². The van der Waals surface area contributed by atoms with Crippen LogP contribution in [0.3, 0.4) is 0 Å². The molecule has 0 amide bonds. The lowest BCUT2D eigenvalue weighted by Crippen LogP contribution is -1.99. The topological polar surface area (TPSA) is 46.5 Å². The number of rotatable bonds is 3. The number of fused-ring (bicyclic) bond motifs is 3. The molecular formula is C13H13ClN4S. The molecule has 1 N–H and O–H groups in total. The van der Waals surface area contributed by atoms with Crippen LogP contribution >= 0.6 is 23.8 Å². The minimum Gasteiger partial charge on any atom is -0.324 e. The normalized spacial score (nSPS) is 11.5. The standard InChI is InChI=1S/C13H13ClN4S/c1-2-3-6-18-10-5-4-8(14)7-9(10)11-12(18)15-13(19)17-16-11/h4-5,7H,2-3,6H2,1H3,(H,15,17,19). The van der Waals surface area contributed by atoms with Crippen molar-refractivity contribution >= 4 is 45.9 Å². The molecule has 3 aromatic rings. The minimum absolute atomic E-state index is 0.402. The molecule has 0 radical (unpaired) electrons. The van der Waals surface area contributed by atoms with Gasteiger partial charge in [-0.25, -0.2) is 0 Å². The van der Waals surface area contributed by atoms with Gasteiger partial charge in [-0.1, -0.05) is 24.9 Å². The average molecular weight is 293 g/mol. The highest BCUT2D eigenvalue weighted by atomic mass is 35.5. The van der Waals surface area contributed by atoms with E-state index in [1.165, 1.54) is 0 Å². The number of benzene rings is 1. The van der Waals surface area contributed by atoms with Crippen molar-refractivity contribution in [3.8, 4) is 0 Å². The summed E-state index contributed by atoms with van der Waals surface area (Å²) in [6.45, 7) is 3.08. The lowest BCUT2D eigenvalue weighted by atomic mass is 10.2. The predicted octanol–water partition coefficient (Wildman–Crippen LogP) is 4.10. The van der Waals surface area contributed by atoms with Crippen LogP contribution in [0.15, 0.2) is 18.2 Å². The quantitative estimate of drug-likeness (QED) is 0.739. The van der Waals surface area contributed by atoms with Gasteiger partial charge in [0.25, 0.3) is 0 Å². The number of H-pyrrole nitrogens is 1. The number of halogens is 1. The van der Waals surface area contributed by atoms with Crippen LogP contribution in [0.25, 0.3) is 22.1 Å². The van der Waals surface area contributed by atoms with Crippen molar-refractivity contribution in [2.75, 3.05) is 0 Å². The van der Waals surface area contributed by atoms with Crippen LogP contribution < -0.4 is 0 Å². The van der Waals surface area contributed by atoms with Gasteiger partial charge in [0.1, 0.15) is 5.52 Å². The molecule has 0 aliphatic carbocycles. The zero-order valence-electron chi connectivity index (χ0n) is 10.5. The first kappa shape index (κ1) is 12.6. The number of hydrogen-bond donors (Lipinski definition) is 1. The first-order chi connectivity index (χ1) is 9.20. The van der Waals surface area contributed by atoms with Crippen molar-refractivity contribution in [2.24, 2.45) is 0 Å². The molecule has 0 spiro atoms. The average Bonchev–Trinajstić information content (AvgIpc) is 2.69. The maximum absolute atomic E-state index is 6.08. The van der Waals surface area contributed by atoms with Crippen LogP contribution in [0, 0.1) is 4.77 Å². The fraction of sp³-hybridized carbons (Fsp3) is 0.308. The number of nitrogens with zero attached hydrogens (tertiary/aromatic N) is 3. The second-order valence-electron chi connectivity index (χ2n) is 4.48. The van der Waals surface area contributed by atoms with Crippen LogP contribution in [-0.4, -0.2) is 19.7 Å². The van der Waals surface area contributed by atoms with Gasteiger partial charge < -0.3 is 4.57 Å². The zero-order valence-corrected chi connectivity index (χ0v) is 12.1. The van der Waals surface area contributed by atoms with E-state index < -0.39 is 0 Å². The first-order valence-corrected chi connectivity index (χ1v) is 7.03. The van der Waals surface area contributed by atoms with Gasteiger partial charge in [0.2, 0.25) is 4.77 Å². The van der Waals surface area contributed by atoms with Gasteiger partial charge in [-0.2, -0.15) is 10.1 Å². The molecule has 98 valence electrons. The third kappa shape index (κ3) is 2.13. The molecule has 0 bridgehead atoms. The predicted molar refractivity (Wildman–Crippen MR) is 80.1 cm³/mol. The Balaban J connectivity index is 2.39. The van der Waals surface area contributed by atoms with Gasteiger partial charge in [0, 0.05) is 17.0 Å². The molecule has 2 heterocycles. The fourth-order valence-electron chi connectivity index (χ4n) is 2.29. The molecule has 19 heavy (non-hydrogen) atoms. The van der Waals surface area contributed by atoms with Gasteiger partial charge in [-0.3, -0.25) is 5.10 Å². The summed E-state index contributed by atoms with van der Waals surface area (Å²) < 4.78 is 2.57. The van der Waals surface area contributed by atoms with E-state index in [4.69, 9.17) is 23.8 Å². The lowest BCUT2D eigenvalue weighted by molar-refractivity contribution is 0.659. The van der Waals surface area contributed by atoms with Crippen LogP contribution in [-0.2, 0) is 6.54 Å². The highest BCUT2D eigenvalue weighted by molar-refractivity contribution is 7.71. The third-order valence-electron chi connectivity index (χ3n) is 3.18. The molecule has 6 heteroatoms. The SMILES string of the molecule is CCCCn1c2ccc(Cl)cc2c2n[nH]c(=S)nc21. The summed E-state index contributed by atoms with van der Waals surface area (Å²) in [4.78, 5) is 4.41. The monoisotopic (exact) mass is 292 g/mol. The summed E-state index contributed by atoms with van der Waals surface area (Å²) >= 11 is 11.1. The molecule has 4 nitrogen and oxygen atoms in total. The Morgan fingerprint density at radius 3 is 3.05 bits per heavy atom. The number of nitrogens with one attached hydrogen (secondary N) is 1. The molecule has 1 aromatic carbocycles. The minimum atomic E-state index is 0.402. The van der Waals surface area contributed by atoms with Gasteiger partial charge in [-0.05, 0) is 36.8 Å². The highest BCUT2D eigenvalue weighted by Gasteiger charge is 2.13. The Morgan fingerprint density at radius 2 is 2.26 bits per heavy atom. The fourth-order valence-corrected chi connectivity index (χ4v) is 2.59. The Kier molecular flexibility index (Phi) is 3.24. The van der Waals surface area contributed by atoms with Crippen molar-refractivity contribution in [1.29, 1.82) is 0 Å². The molecular weight excluding hydrogens is 280 g/mol. The summed E-state index contributed by atoms with van der Waals surface area (Å²) in [5.74, 6) is 0.